The van der Waals surface area contributed by atoms with E-state index in [9.17, 15) is 0 Å². The Morgan fingerprint density at radius 3 is 2.89 bits per heavy atom. The Morgan fingerprint density at radius 1 is 1.39 bits per heavy atom. The van der Waals surface area contributed by atoms with Crippen LogP contribution in [0.5, 0.6) is 0 Å². The summed E-state index contributed by atoms with van der Waals surface area (Å²) >= 11 is 0. The van der Waals surface area contributed by atoms with E-state index in [-0.39, 0.29) is 0 Å². The minimum Gasteiger partial charge on any atom is -0.423 e. The summed E-state index contributed by atoms with van der Waals surface area (Å²) in [6.45, 7) is 10.5. The predicted octanol–water partition coefficient (Wildman–Crippen LogP) is 2.82. The zero-order valence-electron chi connectivity index (χ0n) is 11.5. The molecule has 100 valence electrons. The second-order valence-corrected chi connectivity index (χ2v) is 6.63. The molecule has 1 atom stereocenters. The molecule has 0 radical (unpaired) electrons. The van der Waals surface area contributed by atoms with Gasteiger partial charge in [-0.25, -0.2) is 0 Å². The van der Waals surface area contributed by atoms with Gasteiger partial charge in [0, 0.05) is 19.8 Å². The number of benzene rings is 1. The number of ether oxygens (including phenoxy) is 1. The van der Waals surface area contributed by atoms with E-state index in [4.69, 9.17) is 9.16 Å². The Kier molecular flexibility index (Phi) is 7.65. The molecule has 0 aromatic heterocycles. The average Bonchev–Trinajstić information content (AvgIpc) is 2.41. The predicted molar refractivity (Wildman–Crippen MR) is 80.7 cm³/mol. The molecule has 0 aliphatic heterocycles. The van der Waals surface area contributed by atoms with Gasteiger partial charge >= 0.3 is 0 Å². The summed E-state index contributed by atoms with van der Waals surface area (Å²) in [5, 5.41) is 0. The van der Waals surface area contributed by atoms with E-state index in [1.54, 1.807) is 0 Å². The number of rotatable bonds is 9. The van der Waals surface area contributed by atoms with Crippen molar-refractivity contribution in [2.45, 2.75) is 25.8 Å². The molecule has 2 nitrogen and oxygen atoms in total. The van der Waals surface area contributed by atoms with Gasteiger partial charge in [-0.05, 0) is 30.0 Å². The van der Waals surface area contributed by atoms with Gasteiger partial charge in [-0.15, -0.1) is 0 Å². The molecule has 0 bridgehead atoms. The van der Waals surface area contributed by atoms with Gasteiger partial charge < -0.3 is 9.16 Å². The van der Waals surface area contributed by atoms with E-state index in [0.29, 0.717) is 5.54 Å². The van der Waals surface area contributed by atoms with Crippen LogP contribution in [0.15, 0.2) is 30.8 Å². The van der Waals surface area contributed by atoms with Crippen LogP contribution in [0.1, 0.15) is 25.0 Å². The Hall–Kier alpha value is -0.903. The smallest absolute Gasteiger partial charge is 0.166 e. The maximum Gasteiger partial charge on any atom is 0.166 e. The van der Waals surface area contributed by atoms with Crippen molar-refractivity contribution >= 4 is 15.8 Å². The molecule has 0 spiro atoms. The van der Waals surface area contributed by atoms with Gasteiger partial charge in [0.2, 0.25) is 0 Å². The van der Waals surface area contributed by atoms with Crippen LogP contribution in [0, 0.1) is 0 Å². The van der Waals surface area contributed by atoms with Crippen molar-refractivity contribution in [3.8, 4) is 0 Å². The van der Waals surface area contributed by atoms with Crippen molar-refractivity contribution in [1.82, 2.24) is 0 Å². The molecule has 3 heteroatoms. The SMILES string of the molecule is C=Cc1ccccc1CCO[SiH2]C(C)COCC. The number of hydrogen-bond acceptors (Lipinski definition) is 2. The molecule has 1 aromatic rings. The van der Waals surface area contributed by atoms with E-state index in [1.807, 2.05) is 19.1 Å². The summed E-state index contributed by atoms with van der Waals surface area (Å²) in [4.78, 5) is 0. The number of hydrogen-bond donors (Lipinski definition) is 0. The fraction of sp³-hybridized carbons (Fsp3) is 0.467. The van der Waals surface area contributed by atoms with Crippen LogP contribution in [0.25, 0.3) is 6.08 Å². The van der Waals surface area contributed by atoms with Gasteiger partial charge in [-0.2, -0.15) is 0 Å². The van der Waals surface area contributed by atoms with Crippen LogP contribution >= 0.6 is 0 Å². The van der Waals surface area contributed by atoms with Crippen LogP contribution < -0.4 is 0 Å². The lowest BCUT2D eigenvalue weighted by atomic mass is 10.1. The first-order chi connectivity index (χ1) is 8.77. The third-order valence-electron chi connectivity index (χ3n) is 2.80. The summed E-state index contributed by atoms with van der Waals surface area (Å²) in [6.07, 6.45) is 2.88. The standard InChI is InChI=1S/C15H24O2Si/c1-4-14-8-6-7-9-15(14)10-11-17-18-13(3)12-16-5-2/h4,6-9,13H,1,5,10-12,18H2,2-3H3. The minimum atomic E-state index is -0.470. The molecule has 1 unspecified atom stereocenters. The molecule has 0 N–H and O–H groups in total. The Bertz CT molecular complexity index is 352. The zero-order valence-corrected chi connectivity index (χ0v) is 12.9. The third-order valence-corrected chi connectivity index (χ3v) is 4.13. The van der Waals surface area contributed by atoms with E-state index < -0.39 is 9.76 Å². The highest BCUT2D eigenvalue weighted by atomic mass is 28.2. The first-order valence-electron chi connectivity index (χ1n) is 6.63. The molecule has 0 aliphatic rings. The highest BCUT2D eigenvalue weighted by molar-refractivity contribution is 6.29. The molecule has 0 amide bonds. The molecule has 0 heterocycles. The molecule has 1 rings (SSSR count). The highest BCUT2D eigenvalue weighted by Gasteiger charge is 2.04. The fourth-order valence-electron chi connectivity index (χ4n) is 1.79. The monoisotopic (exact) mass is 264 g/mol. The molecule has 0 saturated heterocycles. The molecule has 0 aliphatic carbocycles. The fourth-order valence-corrected chi connectivity index (χ4v) is 2.77. The van der Waals surface area contributed by atoms with Gasteiger partial charge in [0.1, 0.15) is 0 Å². The normalized spacial score (nSPS) is 13.0. The molecular weight excluding hydrogens is 240 g/mol. The molecule has 1 aromatic carbocycles. The van der Waals surface area contributed by atoms with Crippen LogP contribution in [0.3, 0.4) is 0 Å². The van der Waals surface area contributed by atoms with Crippen molar-refractivity contribution < 1.29 is 9.16 Å². The Labute approximate surface area is 113 Å². The first-order valence-corrected chi connectivity index (χ1v) is 8.03. The molecule has 18 heavy (non-hydrogen) atoms. The maximum atomic E-state index is 5.82. The van der Waals surface area contributed by atoms with Gasteiger partial charge in [0.15, 0.2) is 9.76 Å². The summed E-state index contributed by atoms with van der Waals surface area (Å²) in [5.74, 6) is 0. The van der Waals surface area contributed by atoms with E-state index in [2.05, 4.69) is 31.7 Å². The second kappa shape index (κ2) is 9.08. The summed E-state index contributed by atoms with van der Waals surface area (Å²) in [6, 6.07) is 8.35. The van der Waals surface area contributed by atoms with Crippen LogP contribution in [0.4, 0.5) is 0 Å². The van der Waals surface area contributed by atoms with E-state index in [0.717, 1.165) is 26.2 Å². The summed E-state index contributed by atoms with van der Waals surface area (Å²) in [5.41, 5.74) is 3.13. The van der Waals surface area contributed by atoms with Gasteiger partial charge in [-0.1, -0.05) is 43.8 Å². The first kappa shape index (κ1) is 15.2. The summed E-state index contributed by atoms with van der Waals surface area (Å²) in [7, 11) is -0.470. The van der Waals surface area contributed by atoms with Gasteiger partial charge in [-0.3, -0.25) is 0 Å². The topological polar surface area (TPSA) is 18.5 Å². The quantitative estimate of drug-likeness (QED) is 0.504. The lowest BCUT2D eigenvalue weighted by molar-refractivity contribution is 0.144. The molecule has 0 saturated carbocycles. The third kappa shape index (κ3) is 5.62. The van der Waals surface area contributed by atoms with Gasteiger partial charge in [0.25, 0.3) is 0 Å². The van der Waals surface area contributed by atoms with Crippen molar-refractivity contribution in [3.05, 3.63) is 42.0 Å². The lowest BCUT2D eigenvalue weighted by Gasteiger charge is -2.11. The Balaban J connectivity index is 2.23. The van der Waals surface area contributed by atoms with Crippen molar-refractivity contribution in [1.29, 1.82) is 0 Å². The second-order valence-electron chi connectivity index (χ2n) is 4.49. The molecular formula is C15H24O2Si. The zero-order chi connectivity index (χ0) is 13.2. The summed E-state index contributed by atoms with van der Waals surface area (Å²) < 4.78 is 11.2. The van der Waals surface area contributed by atoms with Crippen molar-refractivity contribution in [3.63, 3.8) is 0 Å². The highest BCUT2D eigenvalue weighted by Crippen LogP contribution is 2.11. The largest absolute Gasteiger partial charge is 0.423 e. The van der Waals surface area contributed by atoms with Crippen molar-refractivity contribution in [2.24, 2.45) is 0 Å². The molecule has 0 fully saturated rings. The maximum absolute atomic E-state index is 5.82. The Morgan fingerprint density at radius 2 is 2.17 bits per heavy atom. The van der Waals surface area contributed by atoms with Crippen LogP contribution in [0.2, 0.25) is 5.54 Å². The van der Waals surface area contributed by atoms with Crippen LogP contribution in [-0.4, -0.2) is 29.6 Å². The average molecular weight is 264 g/mol. The van der Waals surface area contributed by atoms with E-state index >= 15 is 0 Å². The van der Waals surface area contributed by atoms with Crippen molar-refractivity contribution in [2.75, 3.05) is 19.8 Å². The minimum absolute atomic E-state index is 0.470. The van der Waals surface area contributed by atoms with Gasteiger partial charge in [0.05, 0.1) is 0 Å². The van der Waals surface area contributed by atoms with Crippen LogP contribution in [-0.2, 0) is 15.6 Å². The lowest BCUT2D eigenvalue weighted by Crippen LogP contribution is -2.13. The van der Waals surface area contributed by atoms with E-state index in [1.165, 1.54) is 11.1 Å².